The van der Waals surface area contributed by atoms with Gasteiger partial charge in [0.2, 0.25) is 0 Å². The van der Waals surface area contributed by atoms with Gasteiger partial charge in [-0.2, -0.15) is 0 Å². The Hall–Kier alpha value is -3.42. The number of fused-ring (bicyclic) bond motifs is 1. The molecule has 0 bridgehead atoms. The molecule has 3 aromatic rings. The fourth-order valence-electron chi connectivity index (χ4n) is 2.43. The number of hydrogen-bond acceptors (Lipinski definition) is 4. The minimum absolute atomic E-state index is 0.125. The number of aromatic nitrogens is 1. The summed E-state index contributed by atoms with van der Waals surface area (Å²) in [6.07, 6.45) is 1.31. The predicted octanol–water partition coefficient (Wildman–Crippen LogP) is 4.63. The van der Waals surface area contributed by atoms with Gasteiger partial charge in [0, 0.05) is 27.6 Å². The molecule has 1 aromatic heterocycles. The van der Waals surface area contributed by atoms with Crippen LogP contribution in [0.4, 0.5) is 15.8 Å². The number of azide groups is 1. The van der Waals surface area contributed by atoms with Crippen LogP contribution in [0.5, 0.6) is 0 Å². The molecule has 0 N–H and O–H groups in total. The van der Waals surface area contributed by atoms with E-state index in [4.69, 9.17) is 17.1 Å². The highest BCUT2D eigenvalue weighted by molar-refractivity contribution is 6.31. The third-order valence-corrected chi connectivity index (χ3v) is 3.75. The van der Waals surface area contributed by atoms with Gasteiger partial charge >= 0.3 is 0 Å². The smallest absolute Gasteiger partial charge is 0.282 e. The molecule has 0 saturated heterocycles. The molecule has 0 fully saturated rings. The van der Waals surface area contributed by atoms with Gasteiger partial charge in [-0.05, 0) is 29.8 Å². The van der Waals surface area contributed by atoms with Crippen LogP contribution in [0, 0.1) is 15.9 Å². The van der Waals surface area contributed by atoms with E-state index < -0.39 is 16.4 Å². The Labute approximate surface area is 143 Å². The molecule has 0 radical (unpaired) electrons. The second-order valence-corrected chi connectivity index (χ2v) is 5.39. The van der Waals surface area contributed by atoms with Gasteiger partial charge in [-0.25, -0.2) is 4.39 Å². The van der Waals surface area contributed by atoms with E-state index in [1.54, 1.807) is 0 Å². The van der Waals surface area contributed by atoms with Crippen LogP contribution in [0.1, 0.15) is 0 Å². The number of nitro groups is 1. The van der Waals surface area contributed by atoms with Crippen LogP contribution in [-0.4, -0.2) is 9.49 Å². The second kappa shape index (κ2) is 6.23. The highest BCUT2D eigenvalue weighted by atomic mass is 35.5. The lowest BCUT2D eigenvalue weighted by atomic mass is 10.1. The number of pyridine rings is 1. The zero-order valence-corrected chi connectivity index (χ0v) is 13.0. The molecule has 8 nitrogen and oxygen atoms in total. The number of nitro benzene ring substituents is 1. The molecule has 0 atom stereocenters. The Balaban J connectivity index is 2.39. The molecule has 2 aromatic carbocycles. The molecular formula is C15H7ClFN5O3. The van der Waals surface area contributed by atoms with Crippen molar-refractivity contribution in [3.05, 3.63) is 84.2 Å². The van der Waals surface area contributed by atoms with Gasteiger partial charge in [0.15, 0.2) is 11.2 Å². The minimum Gasteiger partial charge on any atom is -0.314 e. The summed E-state index contributed by atoms with van der Waals surface area (Å²) in [5.41, 5.74) is 7.45. The standard InChI is InChI=1S/C15H7ClFN5O3/c16-8-1-2-9-12(5-8)21(4-3-15(9)23)13-7-11(19-20-18)14(22(24)25)6-10(13)17/h1-7H. The Morgan fingerprint density at radius 2 is 2.04 bits per heavy atom. The van der Waals surface area contributed by atoms with Crippen molar-refractivity contribution in [3.63, 3.8) is 0 Å². The summed E-state index contributed by atoms with van der Waals surface area (Å²) < 4.78 is 15.8. The first kappa shape index (κ1) is 16.4. The fourth-order valence-corrected chi connectivity index (χ4v) is 2.60. The average molecular weight is 360 g/mol. The van der Waals surface area contributed by atoms with E-state index in [1.807, 2.05) is 0 Å². The van der Waals surface area contributed by atoms with Gasteiger partial charge in [-0.1, -0.05) is 16.7 Å². The van der Waals surface area contributed by atoms with Crippen LogP contribution >= 0.6 is 11.6 Å². The highest BCUT2D eigenvalue weighted by Crippen LogP contribution is 2.33. The fraction of sp³-hybridized carbons (Fsp3) is 0. The van der Waals surface area contributed by atoms with Crippen LogP contribution in [-0.2, 0) is 0 Å². The summed E-state index contributed by atoms with van der Waals surface area (Å²) in [7, 11) is 0. The van der Waals surface area contributed by atoms with E-state index in [0.717, 1.165) is 6.07 Å². The van der Waals surface area contributed by atoms with Crippen LogP contribution in [0.3, 0.4) is 0 Å². The van der Waals surface area contributed by atoms with Gasteiger partial charge in [0.1, 0.15) is 5.69 Å². The SMILES string of the molecule is [N-]=[N+]=Nc1cc(-n2ccc(=O)c3ccc(Cl)cc32)c(F)cc1[N+](=O)[O-]. The summed E-state index contributed by atoms with van der Waals surface area (Å²) in [5.74, 6) is -0.923. The van der Waals surface area contributed by atoms with Crippen molar-refractivity contribution in [1.29, 1.82) is 0 Å². The molecule has 0 spiro atoms. The van der Waals surface area contributed by atoms with Gasteiger partial charge in [0.25, 0.3) is 5.69 Å². The van der Waals surface area contributed by atoms with Gasteiger partial charge in [0.05, 0.1) is 22.2 Å². The van der Waals surface area contributed by atoms with Crippen LogP contribution in [0.25, 0.3) is 27.0 Å². The topological polar surface area (TPSA) is 114 Å². The molecule has 1 heterocycles. The molecule has 0 aliphatic carbocycles. The summed E-state index contributed by atoms with van der Waals surface area (Å²) in [6.45, 7) is 0. The first-order valence-electron chi connectivity index (χ1n) is 6.76. The number of hydrogen-bond donors (Lipinski definition) is 0. The van der Waals surface area contributed by atoms with Crippen LogP contribution in [0.15, 0.2) is 52.5 Å². The molecule has 0 amide bonds. The molecule has 0 aliphatic rings. The minimum atomic E-state index is -0.923. The van der Waals surface area contributed by atoms with E-state index in [-0.39, 0.29) is 22.2 Å². The van der Waals surface area contributed by atoms with E-state index in [0.29, 0.717) is 16.6 Å². The molecule has 0 aliphatic heterocycles. The lowest BCUT2D eigenvalue weighted by molar-refractivity contribution is -0.384. The maximum atomic E-state index is 14.5. The largest absolute Gasteiger partial charge is 0.314 e. The summed E-state index contributed by atoms with van der Waals surface area (Å²) in [5, 5.41) is 14.8. The lowest BCUT2D eigenvalue weighted by Gasteiger charge is -2.12. The number of benzene rings is 2. The van der Waals surface area contributed by atoms with Crippen molar-refractivity contribution in [2.75, 3.05) is 0 Å². The third kappa shape index (κ3) is 2.89. The van der Waals surface area contributed by atoms with Crippen molar-refractivity contribution in [1.82, 2.24) is 4.57 Å². The molecule has 10 heteroatoms. The summed E-state index contributed by atoms with van der Waals surface area (Å²) in [6, 6.07) is 7.41. The van der Waals surface area contributed by atoms with Crippen molar-refractivity contribution in [2.24, 2.45) is 5.11 Å². The average Bonchev–Trinajstić information content (AvgIpc) is 2.57. The van der Waals surface area contributed by atoms with Gasteiger partial charge in [-0.3, -0.25) is 14.9 Å². The number of halogens is 2. The lowest BCUT2D eigenvalue weighted by Crippen LogP contribution is -2.08. The van der Waals surface area contributed by atoms with Crippen molar-refractivity contribution in [2.45, 2.75) is 0 Å². The number of nitrogens with zero attached hydrogens (tertiary/aromatic N) is 5. The summed E-state index contributed by atoms with van der Waals surface area (Å²) >= 11 is 5.95. The molecular weight excluding hydrogens is 353 g/mol. The Morgan fingerprint density at radius 1 is 1.28 bits per heavy atom. The Kier molecular flexibility index (Phi) is 4.10. The predicted molar refractivity (Wildman–Crippen MR) is 90.0 cm³/mol. The quantitative estimate of drug-likeness (QED) is 0.223. The van der Waals surface area contributed by atoms with E-state index in [2.05, 4.69) is 10.0 Å². The van der Waals surface area contributed by atoms with E-state index in [1.165, 1.54) is 35.0 Å². The second-order valence-electron chi connectivity index (χ2n) is 4.95. The van der Waals surface area contributed by atoms with Crippen LogP contribution < -0.4 is 5.43 Å². The third-order valence-electron chi connectivity index (χ3n) is 3.51. The first-order chi connectivity index (χ1) is 11.9. The van der Waals surface area contributed by atoms with E-state index >= 15 is 0 Å². The Bertz CT molecular complexity index is 1140. The molecule has 0 saturated carbocycles. The molecule has 3 rings (SSSR count). The van der Waals surface area contributed by atoms with Crippen LogP contribution in [0.2, 0.25) is 5.02 Å². The van der Waals surface area contributed by atoms with Crippen molar-refractivity contribution >= 4 is 33.9 Å². The van der Waals surface area contributed by atoms with Gasteiger partial charge in [-0.15, -0.1) is 0 Å². The van der Waals surface area contributed by atoms with Crippen molar-refractivity contribution in [3.8, 4) is 5.69 Å². The first-order valence-corrected chi connectivity index (χ1v) is 7.14. The van der Waals surface area contributed by atoms with E-state index in [9.17, 15) is 19.3 Å². The van der Waals surface area contributed by atoms with Gasteiger partial charge < -0.3 is 4.57 Å². The van der Waals surface area contributed by atoms with Crippen molar-refractivity contribution < 1.29 is 9.31 Å². The zero-order valence-electron chi connectivity index (χ0n) is 12.3. The monoisotopic (exact) mass is 359 g/mol. The Morgan fingerprint density at radius 3 is 2.72 bits per heavy atom. The highest BCUT2D eigenvalue weighted by Gasteiger charge is 2.19. The number of rotatable bonds is 3. The molecule has 124 valence electrons. The molecule has 25 heavy (non-hydrogen) atoms. The molecule has 0 unspecified atom stereocenters. The normalized spacial score (nSPS) is 10.5. The zero-order chi connectivity index (χ0) is 18.1. The maximum absolute atomic E-state index is 14.5. The summed E-state index contributed by atoms with van der Waals surface area (Å²) in [4.78, 5) is 24.6. The maximum Gasteiger partial charge on any atom is 0.282 e.